The third-order valence-corrected chi connectivity index (χ3v) is 5.08. The molecule has 1 saturated heterocycles. The van der Waals surface area contributed by atoms with Gasteiger partial charge in [0.2, 0.25) is 11.8 Å². The topological polar surface area (TPSA) is 56.8 Å². The predicted octanol–water partition coefficient (Wildman–Crippen LogP) is 2.56. The molecule has 0 atom stereocenters. The Bertz CT molecular complexity index is 759. The molecule has 0 bridgehead atoms. The Morgan fingerprint density at radius 3 is 2.36 bits per heavy atom. The van der Waals surface area contributed by atoms with E-state index in [0.717, 1.165) is 24.5 Å². The maximum Gasteiger partial charge on any atom is 0.222 e. The summed E-state index contributed by atoms with van der Waals surface area (Å²) in [6.07, 6.45) is 3.22. The molecule has 6 heteroatoms. The summed E-state index contributed by atoms with van der Waals surface area (Å²) in [6.45, 7) is 3.60. The van der Waals surface area contributed by atoms with E-state index in [1.807, 2.05) is 60.5 Å². The van der Waals surface area contributed by atoms with Crippen molar-refractivity contribution in [2.75, 3.05) is 38.1 Å². The molecule has 2 aromatic rings. The van der Waals surface area contributed by atoms with Gasteiger partial charge in [-0.1, -0.05) is 36.4 Å². The zero-order valence-electron chi connectivity index (χ0n) is 16.5. The molecule has 0 N–H and O–H groups in total. The lowest BCUT2D eigenvalue weighted by Crippen LogP contribution is -2.49. The molecule has 0 unspecified atom stereocenters. The number of benzene rings is 1. The minimum atomic E-state index is 0.0802. The molecule has 0 spiro atoms. The fourth-order valence-electron chi connectivity index (χ4n) is 3.41. The first kappa shape index (κ1) is 19.9. The maximum atomic E-state index is 12.5. The van der Waals surface area contributed by atoms with Crippen molar-refractivity contribution >= 4 is 17.6 Å². The summed E-state index contributed by atoms with van der Waals surface area (Å²) in [4.78, 5) is 34.9. The van der Waals surface area contributed by atoms with Crippen LogP contribution in [0.5, 0.6) is 0 Å². The zero-order valence-corrected chi connectivity index (χ0v) is 16.5. The van der Waals surface area contributed by atoms with E-state index in [0.29, 0.717) is 38.9 Å². The molecule has 1 aromatic carbocycles. The average Bonchev–Trinajstić information content (AvgIpc) is 2.75. The summed E-state index contributed by atoms with van der Waals surface area (Å²) in [6, 6.07) is 15.8. The van der Waals surface area contributed by atoms with Crippen molar-refractivity contribution in [3.63, 3.8) is 0 Å². The molecule has 1 aliphatic heterocycles. The van der Waals surface area contributed by atoms with Gasteiger partial charge in [0.1, 0.15) is 5.82 Å². The molecule has 2 amide bonds. The number of hydrogen-bond acceptors (Lipinski definition) is 4. The normalized spacial score (nSPS) is 14.0. The minimum Gasteiger partial charge on any atom is -0.353 e. The molecular weight excluding hydrogens is 352 g/mol. The van der Waals surface area contributed by atoms with Gasteiger partial charge in [0.15, 0.2) is 0 Å². The third-order valence-electron chi connectivity index (χ3n) is 5.08. The second-order valence-electron chi connectivity index (χ2n) is 7.14. The summed E-state index contributed by atoms with van der Waals surface area (Å²) >= 11 is 0. The van der Waals surface area contributed by atoms with E-state index in [9.17, 15) is 9.59 Å². The van der Waals surface area contributed by atoms with Crippen molar-refractivity contribution in [1.82, 2.24) is 14.8 Å². The number of aromatic nitrogens is 1. The molecule has 148 valence electrons. The smallest absolute Gasteiger partial charge is 0.222 e. The Morgan fingerprint density at radius 1 is 0.964 bits per heavy atom. The highest BCUT2D eigenvalue weighted by Crippen LogP contribution is 2.14. The fraction of sp³-hybridized carbons (Fsp3) is 0.409. The van der Waals surface area contributed by atoms with Crippen LogP contribution in [-0.2, 0) is 16.1 Å². The number of pyridine rings is 1. The molecule has 1 fully saturated rings. The molecule has 3 rings (SSSR count). The van der Waals surface area contributed by atoms with Crippen LogP contribution < -0.4 is 4.90 Å². The molecule has 0 aliphatic carbocycles. The summed E-state index contributed by atoms with van der Waals surface area (Å²) < 4.78 is 0. The second kappa shape index (κ2) is 9.88. The molecule has 2 heterocycles. The number of amides is 2. The molecule has 0 saturated carbocycles. The highest BCUT2D eigenvalue weighted by atomic mass is 16.2. The van der Waals surface area contributed by atoms with Gasteiger partial charge in [-0.15, -0.1) is 0 Å². The quantitative estimate of drug-likeness (QED) is 0.741. The zero-order chi connectivity index (χ0) is 19.8. The van der Waals surface area contributed by atoms with E-state index >= 15 is 0 Å². The number of piperazine rings is 1. The first-order valence-electron chi connectivity index (χ1n) is 9.85. The van der Waals surface area contributed by atoms with Crippen LogP contribution in [0.1, 0.15) is 24.8 Å². The lowest BCUT2D eigenvalue weighted by atomic mass is 10.1. The van der Waals surface area contributed by atoms with Crippen molar-refractivity contribution in [1.29, 1.82) is 0 Å². The molecule has 6 nitrogen and oxygen atoms in total. The lowest BCUT2D eigenvalue weighted by Gasteiger charge is -2.35. The van der Waals surface area contributed by atoms with Gasteiger partial charge in [0, 0.05) is 58.8 Å². The van der Waals surface area contributed by atoms with Crippen LogP contribution in [0, 0.1) is 0 Å². The first-order valence-corrected chi connectivity index (χ1v) is 9.85. The van der Waals surface area contributed by atoms with Gasteiger partial charge in [-0.2, -0.15) is 0 Å². The Kier molecular flexibility index (Phi) is 7.00. The predicted molar refractivity (Wildman–Crippen MR) is 110 cm³/mol. The van der Waals surface area contributed by atoms with Crippen LogP contribution >= 0.6 is 0 Å². The van der Waals surface area contributed by atoms with Gasteiger partial charge in [0.25, 0.3) is 0 Å². The van der Waals surface area contributed by atoms with E-state index in [1.54, 1.807) is 11.1 Å². The highest BCUT2D eigenvalue weighted by Gasteiger charge is 2.21. The van der Waals surface area contributed by atoms with Crippen molar-refractivity contribution in [2.24, 2.45) is 0 Å². The van der Waals surface area contributed by atoms with Crippen molar-refractivity contribution in [2.45, 2.75) is 25.8 Å². The fourth-order valence-corrected chi connectivity index (χ4v) is 3.41. The monoisotopic (exact) mass is 380 g/mol. The van der Waals surface area contributed by atoms with Crippen LogP contribution in [-0.4, -0.2) is 59.8 Å². The number of rotatable bonds is 7. The highest BCUT2D eigenvalue weighted by molar-refractivity contribution is 5.79. The molecule has 28 heavy (non-hydrogen) atoms. The van der Waals surface area contributed by atoms with Gasteiger partial charge >= 0.3 is 0 Å². The number of carbonyl (C=O) groups excluding carboxylic acids is 2. The van der Waals surface area contributed by atoms with Crippen LogP contribution in [0.15, 0.2) is 54.7 Å². The van der Waals surface area contributed by atoms with Gasteiger partial charge in [-0.3, -0.25) is 9.59 Å². The number of nitrogens with zero attached hydrogens (tertiary/aromatic N) is 4. The van der Waals surface area contributed by atoms with Crippen LogP contribution in [0.25, 0.3) is 0 Å². The standard InChI is InChI=1S/C22H28N4O2/c1-24(18-19-8-3-2-4-9-19)21(27)11-7-12-22(28)26-16-14-25(15-17-26)20-10-5-6-13-23-20/h2-6,8-10,13H,7,11-12,14-18H2,1H3. The third kappa shape index (κ3) is 5.55. The van der Waals surface area contributed by atoms with Crippen LogP contribution in [0.3, 0.4) is 0 Å². The second-order valence-corrected chi connectivity index (χ2v) is 7.14. The van der Waals surface area contributed by atoms with Crippen molar-refractivity contribution in [3.05, 3.63) is 60.3 Å². The van der Waals surface area contributed by atoms with Gasteiger partial charge in [0.05, 0.1) is 0 Å². The first-order chi connectivity index (χ1) is 13.6. The average molecular weight is 380 g/mol. The van der Waals surface area contributed by atoms with E-state index in [2.05, 4.69) is 9.88 Å². The van der Waals surface area contributed by atoms with Gasteiger partial charge in [-0.25, -0.2) is 4.98 Å². The minimum absolute atomic E-state index is 0.0802. The van der Waals surface area contributed by atoms with E-state index in [4.69, 9.17) is 0 Å². The van der Waals surface area contributed by atoms with E-state index < -0.39 is 0 Å². The largest absolute Gasteiger partial charge is 0.353 e. The summed E-state index contributed by atoms with van der Waals surface area (Å²) in [5.41, 5.74) is 1.11. The lowest BCUT2D eigenvalue weighted by molar-refractivity contribution is -0.132. The SMILES string of the molecule is CN(Cc1ccccc1)C(=O)CCCC(=O)N1CCN(c2ccccn2)CC1. The van der Waals surface area contributed by atoms with Gasteiger partial charge in [-0.05, 0) is 24.1 Å². The molecular formula is C22H28N4O2. The van der Waals surface area contributed by atoms with Gasteiger partial charge < -0.3 is 14.7 Å². The Labute approximate surface area is 166 Å². The Morgan fingerprint density at radius 2 is 1.68 bits per heavy atom. The summed E-state index contributed by atoms with van der Waals surface area (Å²) in [7, 11) is 1.81. The van der Waals surface area contributed by atoms with Crippen LogP contribution in [0.4, 0.5) is 5.82 Å². The number of hydrogen-bond donors (Lipinski definition) is 0. The molecule has 1 aromatic heterocycles. The van der Waals surface area contributed by atoms with E-state index in [-0.39, 0.29) is 11.8 Å². The summed E-state index contributed by atoms with van der Waals surface area (Å²) in [5, 5.41) is 0. The number of carbonyl (C=O) groups is 2. The summed E-state index contributed by atoms with van der Waals surface area (Å²) in [5.74, 6) is 1.18. The molecule has 0 radical (unpaired) electrons. The van der Waals surface area contributed by atoms with E-state index in [1.165, 1.54) is 0 Å². The van der Waals surface area contributed by atoms with Crippen molar-refractivity contribution < 1.29 is 9.59 Å². The maximum absolute atomic E-state index is 12.5. The van der Waals surface area contributed by atoms with Crippen molar-refractivity contribution in [3.8, 4) is 0 Å². The Balaban J connectivity index is 1.36. The van der Waals surface area contributed by atoms with Crippen LogP contribution in [0.2, 0.25) is 0 Å². The molecule has 1 aliphatic rings. The number of anilines is 1. The Hall–Kier alpha value is -2.89.